The number of carbonyl (C=O) groups excluding carboxylic acids is 1. The molecular weight excluding hydrogens is 416 g/mol. The number of methoxy groups -OCH3 is 2. The number of ether oxygens (including phenoxy) is 2. The Balaban J connectivity index is 1.53. The highest BCUT2D eigenvalue weighted by atomic mass is 16.5. The maximum absolute atomic E-state index is 13.2. The standard InChI is InChI=1S/C26H24N4O3/c1-32-21-14-12-19(13-15-21)25-28-24(29-30-25)17-27-26(31)22(18-8-4-3-5-9-18)16-20-10-6-7-11-23(20)33-2/h3-16H,17H2,1-2H3,(H,27,31)(H,28,29,30)/b22-16+. The van der Waals surface area contributed by atoms with Crippen molar-refractivity contribution < 1.29 is 14.3 Å². The van der Waals surface area contributed by atoms with E-state index in [9.17, 15) is 4.79 Å². The van der Waals surface area contributed by atoms with Gasteiger partial charge in [-0.3, -0.25) is 9.89 Å². The molecule has 0 aliphatic heterocycles. The van der Waals surface area contributed by atoms with E-state index in [0.29, 0.717) is 23.0 Å². The van der Waals surface area contributed by atoms with Crippen LogP contribution in [0.15, 0.2) is 78.9 Å². The van der Waals surface area contributed by atoms with E-state index in [4.69, 9.17) is 9.47 Å². The molecule has 7 heteroatoms. The summed E-state index contributed by atoms with van der Waals surface area (Å²) in [5.41, 5.74) is 2.99. The minimum Gasteiger partial charge on any atom is -0.497 e. The van der Waals surface area contributed by atoms with Crippen molar-refractivity contribution in [3.05, 3.63) is 95.8 Å². The Morgan fingerprint density at radius 1 is 0.939 bits per heavy atom. The second kappa shape index (κ2) is 10.3. The van der Waals surface area contributed by atoms with Gasteiger partial charge in [0.05, 0.1) is 20.8 Å². The first-order chi connectivity index (χ1) is 16.2. The minimum absolute atomic E-state index is 0.206. The van der Waals surface area contributed by atoms with Crippen molar-refractivity contribution in [2.75, 3.05) is 14.2 Å². The van der Waals surface area contributed by atoms with Crippen molar-refractivity contribution in [1.29, 1.82) is 0 Å². The SMILES string of the molecule is COc1ccc(-c2n[nH]c(CNC(=O)/C(=C/c3ccccc3OC)c3ccccc3)n2)cc1. The lowest BCUT2D eigenvalue weighted by Crippen LogP contribution is -2.24. The molecule has 0 saturated heterocycles. The highest BCUT2D eigenvalue weighted by Crippen LogP contribution is 2.25. The van der Waals surface area contributed by atoms with E-state index >= 15 is 0 Å². The molecule has 4 aromatic rings. The molecule has 0 atom stereocenters. The average Bonchev–Trinajstić information content (AvgIpc) is 3.35. The number of amides is 1. The summed E-state index contributed by atoms with van der Waals surface area (Å²) in [6.45, 7) is 0.206. The van der Waals surface area contributed by atoms with Crippen LogP contribution in [0, 0.1) is 0 Å². The van der Waals surface area contributed by atoms with Crippen LogP contribution in [0.1, 0.15) is 17.0 Å². The highest BCUT2D eigenvalue weighted by Gasteiger charge is 2.14. The number of H-pyrrole nitrogens is 1. The summed E-state index contributed by atoms with van der Waals surface area (Å²) in [6.07, 6.45) is 1.83. The summed E-state index contributed by atoms with van der Waals surface area (Å²) in [5, 5.41) is 10.1. The van der Waals surface area contributed by atoms with Gasteiger partial charge in [0.1, 0.15) is 17.3 Å². The normalized spacial score (nSPS) is 11.2. The maximum atomic E-state index is 13.2. The van der Waals surface area contributed by atoms with E-state index in [1.807, 2.05) is 84.9 Å². The first kappa shape index (κ1) is 21.8. The van der Waals surface area contributed by atoms with Gasteiger partial charge in [-0.15, -0.1) is 0 Å². The van der Waals surface area contributed by atoms with Crippen molar-refractivity contribution in [3.63, 3.8) is 0 Å². The first-order valence-corrected chi connectivity index (χ1v) is 10.4. The van der Waals surface area contributed by atoms with Gasteiger partial charge in [0.15, 0.2) is 5.82 Å². The topological polar surface area (TPSA) is 89.1 Å². The molecule has 0 spiro atoms. The molecule has 0 aliphatic rings. The molecule has 0 fully saturated rings. The molecule has 4 rings (SSSR count). The van der Waals surface area contributed by atoms with Crippen LogP contribution < -0.4 is 14.8 Å². The van der Waals surface area contributed by atoms with Gasteiger partial charge in [-0.1, -0.05) is 48.5 Å². The molecule has 1 aromatic heterocycles. The van der Waals surface area contributed by atoms with Crippen molar-refractivity contribution in [3.8, 4) is 22.9 Å². The Morgan fingerprint density at radius 2 is 1.67 bits per heavy atom. The number of aromatic nitrogens is 3. The van der Waals surface area contributed by atoms with Gasteiger partial charge >= 0.3 is 0 Å². The largest absolute Gasteiger partial charge is 0.497 e. The summed E-state index contributed by atoms with van der Waals surface area (Å²) >= 11 is 0. The zero-order chi connectivity index (χ0) is 23.0. The molecule has 1 heterocycles. The third kappa shape index (κ3) is 5.27. The monoisotopic (exact) mass is 440 g/mol. The number of aromatic amines is 1. The van der Waals surface area contributed by atoms with Gasteiger partial charge in [0, 0.05) is 16.7 Å². The average molecular weight is 441 g/mol. The summed E-state index contributed by atoms with van der Waals surface area (Å²) in [6, 6.07) is 24.5. The van der Waals surface area contributed by atoms with Crippen molar-refractivity contribution in [2.45, 2.75) is 6.54 Å². The second-order valence-corrected chi connectivity index (χ2v) is 7.18. The predicted octanol–water partition coefficient (Wildman–Crippen LogP) is 4.35. The Hall–Kier alpha value is -4.39. The maximum Gasteiger partial charge on any atom is 0.252 e. The molecule has 7 nitrogen and oxygen atoms in total. The molecule has 0 bridgehead atoms. The highest BCUT2D eigenvalue weighted by molar-refractivity contribution is 6.24. The van der Waals surface area contributed by atoms with Crippen LogP contribution in [0.4, 0.5) is 0 Å². The molecule has 2 N–H and O–H groups in total. The first-order valence-electron chi connectivity index (χ1n) is 10.4. The minimum atomic E-state index is -0.227. The summed E-state index contributed by atoms with van der Waals surface area (Å²) < 4.78 is 10.6. The Morgan fingerprint density at radius 3 is 2.39 bits per heavy atom. The molecule has 0 unspecified atom stereocenters. The van der Waals surface area contributed by atoms with Crippen molar-refractivity contribution in [1.82, 2.24) is 20.5 Å². The number of hydrogen-bond acceptors (Lipinski definition) is 5. The van der Waals surface area contributed by atoms with E-state index < -0.39 is 0 Å². The van der Waals surface area contributed by atoms with E-state index in [2.05, 4.69) is 20.5 Å². The number of rotatable bonds is 8. The number of para-hydroxylation sites is 1. The van der Waals surface area contributed by atoms with Gasteiger partial charge in [-0.25, -0.2) is 4.98 Å². The van der Waals surface area contributed by atoms with Crippen LogP contribution in [-0.2, 0) is 11.3 Å². The molecule has 1 amide bonds. The summed E-state index contributed by atoms with van der Waals surface area (Å²) in [5.74, 6) is 2.33. The zero-order valence-electron chi connectivity index (χ0n) is 18.4. The van der Waals surface area contributed by atoms with Gasteiger partial charge < -0.3 is 14.8 Å². The van der Waals surface area contributed by atoms with E-state index in [1.54, 1.807) is 14.2 Å². The van der Waals surface area contributed by atoms with Gasteiger partial charge in [0.25, 0.3) is 5.91 Å². The summed E-state index contributed by atoms with van der Waals surface area (Å²) in [4.78, 5) is 17.7. The lowest BCUT2D eigenvalue weighted by Gasteiger charge is -2.10. The summed E-state index contributed by atoms with van der Waals surface area (Å²) in [7, 11) is 3.23. The van der Waals surface area contributed by atoms with Crippen LogP contribution in [0.3, 0.4) is 0 Å². The zero-order valence-corrected chi connectivity index (χ0v) is 18.4. The van der Waals surface area contributed by atoms with E-state index in [-0.39, 0.29) is 12.5 Å². The lowest BCUT2D eigenvalue weighted by molar-refractivity contribution is -0.115. The van der Waals surface area contributed by atoms with Crippen molar-refractivity contribution >= 4 is 17.6 Å². The van der Waals surface area contributed by atoms with Gasteiger partial charge in [-0.2, -0.15) is 5.10 Å². The Kier molecular flexibility index (Phi) is 6.80. The fourth-order valence-electron chi connectivity index (χ4n) is 3.34. The van der Waals surface area contributed by atoms with Crippen LogP contribution in [0.5, 0.6) is 11.5 Å². The molecule has 0 aliphatic carbocycles. The quantitative estimate of drug-likeness (QED) is 0.314. The van der Waals surface area contributed by atoms with E-state index in [0.717, 1.165) is 22.4 Å². The third-order valence-corrected chi connectivity index (χ3v) is 5.06. The number of benzene rings is 3. The predicted molar refractivity (Wildman–Crippen MR) is 128 cm³/mol. The molecule has 0 radical (unpaired) electrons. The number of nitrogens with zero attached hydrogens (tertiary/aromatic N) is 2. The van der Waals surface area contributed by atoms with Gasteiger partial charge in [0.2, 0.25) is 0 Å². The molecule has 0 saturated carbocycles. The number of nitrogens with one attached hydrogen (secondary N) is 2. The fraction of sp³-hybridized carbons (Fsp3) is 0.115. The Labute approximate surface area is 192 Å². The van der Waals surface area contributed by atoms with Crippen molar-refractivity contribution in [2.24, 2.45) is 0 Å². The number of hydrogen-bond donors (Lipinski definition) is 2. The lowest BCUT2D eigenvalue weighted by atomic mass is 10.0. The van der Waals surface area contributed by atoms with E-state index in [1.165, 1.54) is 0 Å². The smallest absolute Gasteiger partial charge is 0.252 e. The number of carbonyl (C=O) groups is 1. The van der Waals surface area contributed by atoms with Crippen LogP contribution in [0.25, 0.3) is 23.0 Å². The molecule has 166 valence electrons. The third-order valence-electron chi connectivity index (χ3n) is 5.06. The second-order valence-electron chi connectivity index (χ2n) is 7.18. The Bertz CT molecular complexity index is 1250. The van der Waals surface area contributed by atoms with Crippen LogP contribution >= 0.6 is 0 Å². The van der Waals surface area contributed by atoms with Crippen LogP contribution in [0.2, 0.25) is 0 Å². The van der Waals surface area contributed by atoms with Gasteiger partial charge in [-0.05, 0) is 42.0 Å². The molecular formula is C26H24N4O3. The fourth-order valence-corrected chi connectivity index (χ4v) is 3.34. The molecule has 33 heavy (non-hydrogen) atoms. The molecule has 3 aromatic carbocycles. The van der Waals surface area contributed by atoms with Crippen LogP contribution in [-0.4, -0.2) is 35.3 Å².